The van der Waals surface area contributed by atoms with Crippen LogP contribution in [0.4, 0.5) is 5.69 Å². The molecule has 1 fully saturated rings. The van der Waals surface area contributed by atoms with E-state index >= 15 is 0 Å². The Morgan fingerprint density at radius 1 is 1.26 bits per heavy atom. The van der Waals surface area contributed by atoms with Crippen molar-refractivity contribution < 1.29 is 19.1 Å². The van der Waals surface area contributed by atoms with Gasteiger partial charge in [-0.15, -0.1) is 0 Å². The summed E-state index contributed by atoms with van der Waals surface area (Å²) in [5.74, 6) is 0.0993. The lowest BCUT2D eigenvalue weighted by atomic mass is 10.0. The molecule has 146 valence electrons. The van der Waals surface area contributed by atoms with Crippen molar-refractivity contribution in [2.75, 3.05) is 11.4 Å². The summed E-state index contributed by atoms with van der Waals surface area (Å²) in [6, 6.07) is 5.30. The normalized spacial score (nSPS) is 19.8. The first-order valence-electron chi connectivity index (χ1n) is 9.85. The van der Waals surface area contributed by atoms with Gasteiger partial charge in [0.1, 0.15) is 12.3 Å². The molecule has 1 atom stereocenters. The zero-order chi connectivity index (χ0) is 19.6. The van der Waals surface area contributed by atoms with Crippen molar-refractivity contribution in [2.24, 2.45) is 5.92 Å². The second-order valence-electron chi connectivity index (χ2n) is 7.71. The SMILES string of the molecule is CCC(=O)c1ccc2c(c1)N(CC(=O)NC1CCCC1)C(=O)C(C(C)C)O2. The Bertz CT molecular complexity index is 738. The monoisotopic (exact) mass is 372 g/mol. The molecule has 0 spiro atoms. The number of hydrogen-bond donors (Lipinski definition) is 1. The van der Waals surface area contributed by atoms with Gasteiger partial charge in [0.25, 0.3) is 5.91 Å². The summed E-state index contributed by atoms with van der Waals surface area (Å²) in [6.07, 6.45) is 3.98. The van der Waals surface area contributed by atoms with E-state index in [1.807, 2.05) is 13.8 Å². The average molecular weight is 372 g/mol. The Kier molecular flexibility index (Phi) is 5.82. The van der Waals surface area contributed by atoms with Gasteiger partial charge in [-0.2, -0.15) is 0 Å². The molecule has 6 nitrogen and oxygen atoms in total. The van der Waals surface area contributed by atoms with E-state index in [0.717, 1.165) is 25.7 Å². The van der Waals surface area contributed by atoms with Crippen LogP contribution in [0.2, 0.25) is 0 Å². The first-order valence-corrected chi connectivity index (χ1v) is 9.85. The van der Waals surface area contributed by atoms with Crippen molar-refractivity contribution in [1.82, 2.24) is 5.32 Å². The molecule has 0 radical (unpaired) electrons. The van der Waals surface area contributed by atoms with E-state index in [1.165, 1.54) is 4.90 Å². The third-order valence-corrected chi connectivity index (χ3v) is 5.28. The molecule has 2 aliphatic rings. The molecule has 1 unspecified atom stereocenters. The fraction of sp³-hybridized carbons (Fsp3) is 0.571. The van der Waals surface area contributed by atoms with E-state index in [-0.39, 0.29) is 36.1 Å². The minimum absolute atomic E-state index is 0.00779. The number of benzene rings is 1. The number of Topliss-reactive ketones (excluding diaryl/α,β-unsaturated/α-hetero) is 1. The summed E-state index contributed by atoms with van der Waals surface area (Å²) in [4.78, 5) is 39.1. The van der Waals surface area contributed by atoms with Gasteiger partial charge in [-0.25, -0.2) is 0 Å². The highest BCUT2D eigenvalue weighted by Gasteiger charge is 2.37. The minimum Gasteiger partial charge on any atom is -0.478 e. The lowest BCUT2D eigenvalue weighted by molar-refractivity contribution is -0.130. The summed E-state index contributed by atoms with van der Waals surface area (Å²) in [5, 5.41) is 3.03. The zero-order valence-corrected chi connectivity index (χ0v) is 16.3. The molecule has 0 bridgehead atoms. The summed E-state index contributed by atoms with van der Waals surface area (Å²) < 4.78 is 5.89. The fourth-order valence-electron chi connectivity index (χ4n) is 3.74. The van der Waals surface area contributed by atoms with Crippen LogP contribution in [0.5, 0.6) is 5.75 Å². The van der Waals surface area contributed by atoms with Crippen LogP contribution >= 0.6 is 0 Å². The third-order valence-electron chi connectivity index (χ3n) is 5.28. The van der Waals surface area contributed by atoms with Crippen molar-refractivity contribution in [3.63, 3.8) is 0 Å². The second kappa shape index (κ2) is 8.11. The smallest absolute Gasteiger partial charge is 0.268 e. The quantitative estimate of drug-likeness (QED) is 0.779. The fourth-order valence-corrected chi connectivity index (χ4v) is 3.74. The van der Waals surface area contributed by atoms with Crippen LogP contribution in [-0.2, 0) is 9.59 Å². The van der Waals surface area contributed by atoms with Crippen LogP contribution in [-0.4, -0.2) is 36.3 Å². The molecule has 27 heavy (non-hydrogen) atoms. The third kappa shape index (κ3) is 4.15. The predicted octanol–water partition coefficient (Wildman–Crippen LogP) is 3.09. The standard InChI is InChI=1S/C21H28N2O4/c1-4-17(24)14-9-10-18-16(11-14)23(21(26)20(27-18)13(2)3)12-19(25)22-15-7-5-6-8-15/h9-11,13,15,20H,4-8,12H2,1-3H3,(H,22,25). The molecule has 1 aliphatic carbocycles. The molecule has 1 aromatic carbocycles. The van der Waals surface area contributed by atoms with E-state index in [0.29, 0.717) is 23.4 Å². The van der Waals surface area contributed by atoms with Gasteiger partial charge < -0.3 is 10.1 Å². The first kappa shape index (κ1) is 19.4. The summed E-state index contributed by atoms with van der Waals surface area (Å²) in [7, 11) is 0. The maximum absolute atomic E-state index is 13.0. The minimum atomic E-state index is -0.635. The van der Waals surface area contributed by atoms with E-state index in [1.54, 1.807) is 25.1 Å². The van der Waals surface area contributed by atoms with Crippen LogP contribution in [0, 0.1) is 5.92 Å². The van der Waals surface area contributed by atoms with Crippen LogP contribution < -0.4 is 15.0 Å². The highest BCUT2D eigenvalue weighted by atomic mass is 16.5. The number of ether oxygens (including phenoxy) is 1. The number of fused-ring (bicyclic) bond motifs is 1. The molecule has 1 heterocycles. The van der Waals surface area contributed by atoms with Crippen molar-refractivity contribution in [3.8, 4) is 5.75 Å². The Morgan fingerprint density at radius 3 is 2.59 bits per heavy atom. The molecule has 3 rings (SSSR count). The molecule has 2 amide bonds. The van der Waals surface area contributed by atoms with Gasteiger partial charge in [-0.05, 0) is 37.0 Å². The Morgan fingerprint density at radius 2 is 1.96 bits per heavy atom. The molecule has 1 N–H and O–H groups in total. The van der Waals surface area contributed by atoms with Crippen molar-refractivity contribution in [3.05, 3.63) is 23.8 Å². The second-order valence-corrected chi connectivity index (χ2v) is 7.71. The summed E-state index contributed by atoms with van der Waals surface area (Å²) in [6.45, 7) is 5.57. The van der Waals surface area contributed by atoms with Gasteiger partial charge in [-0.3, -0.25) is 19.3 Å². The van der Waals surface area contributed by atoms with Crippen LogP contribution in [0.25, 0.3) is 0 Å². The van der Waals surface area contributed by atoms with Gasteiger partial charge in [0, 0.05) is 18.0 Å². The van der Waals surface area contributed by atoms with Crippen LogP contribution in [0.15, 0.2) is 18.2 Å². The number of nitrogens with zero attached hydrogens (tertiary/aromatic N) is 1. The van der Waals surface area contributed by atoms with Crippen molar-refractivity contribution >= 4 is 23.3 Å². The highest BCUT2D eigenvalue weighted by molar-refractivity contribution is 6.05. The number of amides is 2. The number of ketones is 1. The van der Waals surface area contributed by atoms with E-state index in [2.05, 4.69) is 5.32 Å². The number of nitrogens with one attached hydrogen (secondary N) is 1. The molecular formula is C21H28N2O4. The van der Waals surface area contributed by atoms with Gasteiger partial charge >= 0.3 is 0 Å². The van der Waals surface area contributed by atoms with Crippen molar-refractivity contribution in [1.29, 1.82) is 0 Å². The van der Waals surface area contributed by atoms with Gasteiger partial charge in [0.05, 0.1) is 5.69 Å². The predicted molar refractivity (Wildman–Crippen MR) is 103 cm³/mol. The maximum atomic E-state index is 13.0. The Labute approximate surface area is 160 Å². The first-order chi connectivity index (χ1) is 12.9. The lowest BCUT2D eigenvalue weighted by Crippen LogP contribution is -2.52. The molecule has 6 heteroatoms. The summed E-state index contributed by atoms with van der Waals surface area (Å²) >= 11 is 0. The molecule has 1 saturated carbocycles. The topological polar surface area (TPSA) is 75.7 Å². The Hall–Kier alpha value is -2.37. The number of carbonyl (C=O) groups excluding carboxylic acids is 3. The molecule has 1 aliphatic heterocycles. The molecular weight excluding hydrogens is 344 g/mol. The Balaban J connectivity index is 1.88. The van der Waals surface area contributed by atoms with Gasteiger partial charge in [0.15, 0.2) is 11.9 Å². The maximum Gasteiger partial charge on any atom is 0.268 e. The van der Waals surface area contributed by atoms with Crippen LogP contribution in [0.1, 0.15) is 63.2 Å². The lowest BCUT2D eigenvalue weighted by Gasteiger charge is -2.36. The van der Waals surface area contributed by atoms with E-state index in [9.17, 15) is 14.4 Å². The molecule has 0 aromatic heterocycles. The van der Waals surface area contributed by atoms with Gasteiger partial charge in [0.2, 0.25) is 5.91 Å². The van der Waals surface area contributed by atoms with Gasteiger partial charge in [-0.1, -0.05) is 33.6 Å². The number of rotatable bonds is 6. The number of carbonyl (C=O) groups is 3. The van der Waals surface area contributed by atoms with Crippen molar-refractivity contribution in [2.45, 2.75) is 65.0 Å². The van der Waals surface area contributed by atoms with Crippen LogP contribution in [0.3, 0.4) is 0 Å². The largest absolute Gasteiger partial charge is 0.478 e. The average Bonchev–Trinajstić information content (AvgIpc) is 3.15. The zero-order valence-electron chi connectivity index (χ0n) is 16.3. The summed E-state index contributed by atoms with van der Waals surface area (Å²) in [5.41, 5.74) is 1.02. The molecule has 0 saturated heterocycles. The highest BCUT2D eigenvalue weighted by Crippen LogP contribution is 2.36. The number of anilines is 1. The van der Waals surface area contributed by atoms with E-state index in [4.69, 9.17) is 4.74 Å². The van der Waals surface area contributed by atoms with E-state index < -0.39 is 6.10 Å². The number of hydrogen-bond acceptors (Lipinski definition) is 4. The molecule has 1 aromatic rings.